The average molecular weight is 429 g/mol. The Morgan fingerprint density at radius 1 is 0.875 bits per heavy atom. The standard InChI is InChI=1S/C26H23NO5/c1-31-16-6-2-14(3-7-16)22(28)13-32-17-8-4-15(5-9-17)27-25(29)23-18-10-11-19(21-12-20(18)21)24(23)26(27)30/h2-11,18-21,23-24H,12-13H2,1H3/t18-,19+,20-,21-,23+,24-/m1/s1. The number of carbonyl (C=O) groups is 3. The Hall–Kier alpha value is -3.41. The lowest BCUT2D eigenvalue weighted by atomic mass is 9.63. The summed E-state index contributed by atoms with van der Waals surface area (Å²) in [4.78, 5) is 40.1. The van der Waals surface area contributed by atoms with E-state index in [9.17, 15) is 14.4 Å². The number of ether oxygens (including phenoxy) is 2. The Bertz CT molecular complexity index is 1100. The molecule has 0 radical (unpaired) electrons. The largest absolute Gasteiger partial charge is 0.497 e. The van der Waals surface area contributed by atoms with Gasteiger partial charge in [0.2, 0.25) is 11.8 Å². The summed E-state index contributed by atoms with van der Waals surface area (Å²) < 4.78 is 10.7. The summed E-state index contributed by atoms with van der Waals surface area (Å²) in [7, 11) is 1.57. The van der Waals surface area contributed by atoms with Gasteiger partial charge in [0.1, 0.15) is 11.5 Å². The molecule has 162 valence electrons. The highest BCUT2D eigenvalue weighted by Gasteiger charge is 2.67. The van der Waals surface area contributed by atoms with Crippen molar-refractivity contribution in [1.82, 2.24) is 0 Å². The molecule has 7 rings (SSSR count). The first-order chi connectivity index (χ1) is 15.6. The van der Waals surface area contributed by atoms with Crippen LogP contribution in [-0.4, -0.2) is 31.3 Å². The van der Waals surface area contributed by atoms with E-state index in [4.69, 9.17) is 9.47 Å². The smallest absolute Gasteiger partial charge is 0.238 e. The third kappa shape index (κ3) is 2.82. The van der Waals surface area contributed by atoms with Crippen LogP contribution in [0.2, 0.25) is 0 Å². The van der Waals surface area contributed by atoms with Gasteiger partial charge >= 0.3 is 0 Å². The third-order valence-electron chi connectivity index (χ3n) is 7.54. The quantitative estimate of drug-likeness (QED) is 0.399. The zero-order valence-corrected chi connectivity index (χ0v) is 17.6. The van der Waals surface area contributed by atoms with Crippen LogP contribution in [0.4, 0.5) is 5.69 Å². The van der Waals surface area contributed by atoms with Crippen LogP contribution >= 0.6 is 0 Å². The van der Waals surface area contributed by atoms with Crippen molar-refractivity contribution in [3.05, 3.63) is 66.2 Å². The van der Waals surface area contributed by atoms with Crippen molar-refractivity contribution in [2.45, 2.75) is 6.42 Å². The van der Waals surface area contributed by atoms with E-state index >= 15 is 0 Å². The molecule has 2 bridgehead atoms. The Morgan fingerprint density at radius 3 is 2.00 bits per heavy atom. The van der Waals surface area contributed by atoms with E-state index in [1.807, 2.05) is 0 Å². The summed E-state index contributed by atoms with van der Waals surface area (Å²) >= 11 is 0. The molecule has 4 aliphatic carbocycles. The number of anilines is 1. The molecule has 2 aromatic carbocycles. The number of ketones is 1. The Labute approximate surface area is 185 Å². The first-order valence-electron chi connectivity index (χ1n) is 11.0. The SMILES string of the molecule is COc1ccc(C(=O)COc2ccc(N3C(=O)[C@@H]4[C@H]5C=C[C@H]([C@H]6C[C@H]56)[C@@H]4C3=O)cc2)cc1. The van der Waals surface area contributed by atoms with Crippen LogP contribution in [0.1, 0.15) is 16.8 Å². The fourth-order valence-corrected chi connectivity index (χ4v) is 5.91. The number of hydrogen-bond donors (Lipinski definition) is 0. The topological polar surface area (TPSA) is 72.9 Å². The van der Waals surface area contributed by atoms with Crippen molar-refractivity contribution in [2.24, 2.45) is 35.5 Å². The van der Waals surface area contributed by atoms with Gasteiger partial charge in [-0.15, -0.1) is 0 Å². The summed E-state index contributed by atoms with van der Waals surface area (Å²) in [5.74, 6) is 2.07. The zero-order chi connectivity index (χ0) is 22.0. The Morgan fingerprint density at radius 2 is 1.44 bits per heavy atom. The fraction of sp³-hybridized carbons (Fsp3) is 0.346. The van der Waals surface area contributed by atoms with Crippen LogP contribution in [0.5, 0.6) is 11.5 Å². The van der Waals surface area contributed by atoms with Gasteiger partial charge in [0, 0.05) is 5.56 Å². The fourth-order valence-electron chi connectivity index (χ4n) is 5.91. The highest BCUT2D eigenvalue weighted by atomic mass is 16.5. The maximum Gasteiger partial charge on any atom is 0.238 e. The lowest BCUT2D eigenvalue weighted by Gasteiger charge is -2.37. The van der Waals surface area contributed by atoms with Crippen LogP contribution in [0.3, 0.4) is 0 Å². The molecule has 0 aromatic heterocycles. The minimum Gasteiger partial charge on any atom is -0.497 e. The van der Waals surface area contributed by atoms with Gasteiger partial charge in [-0.05, 0) is 78.6 Å². The number of benzene rings is 2. The van der Waals surface area contributed by atoms with E-state index in [-0.39, 0.29) is 47.9 Å². The molecule has 32 heavy (non-hydrogen) atoms. The van der Waals surface area contributed by atoms with Gasteiger partial charge < -0.3 is 9.47 Å². The molecule has 2 aromatic rings. The predicted octanol–water partition coefficient (Wildman–Crippen LogP) is 3.51. The zero-order valence-electron chi connectivity index (χ0n) is 17.6. The number of nitrogens with zero attached hydrogens (tertiary/aromatic N) is 1. The van der Waals surface area contributed by atoms with Gasteiger partial charge in [0.05, 0.1) is 24.6 Å². The predicted molar refractivity (Wildman–Crippen MR) is 116 cm³/mol. The molecule has 6 heteroatoms. The number of rotatable bonds is 6. The number of hydrogen-bond acceptors (Lipinski definition) is 5. The van der Waals surface area contributed by atoms with E-state index in [0.717, 1.165) is 6.42 Å². The molecule has 0 N–H and O–H groups in total. The van der Waals surface area contributed by atoms with Gasteiger partial charge in [-0.3, -0.25) is 19.3 Å². The summed E-state index contributed by atoms with van der Waals surface area (Å²) in [5, 5.41) is 0. The lowest BCUT2D eigenvalue weighted by Crippen LogP contribution is -2.40. The van der Waals surface area contributed by atoms with Crippen molar-refractivity contribution in [3.63, 3.8) is 0 Å². The van der Waals surface area contributed by atoms with E-state index < -0.39 is 0 Å². The van der Waals surface area contributed by atoms with Crippen LogP contribution in [0, 0.1) is 35.5 Å². The maximum atomic E-state index is 13.2. The molecule has 1 saturated heterocycles. The molecule has 6 atom stereocenters. The van der Waals surface area contributed by atoms with Crippen molar-refractivity contribution in [3.8, 4) is 11.5 Å². The van der Waals surface area contributed by atoms with Crippen LogP contribution in [-0.2, 0) is 9.59 Å². The highest BCUT2D eigenvalue weighted by molar-refractivity contribution is 6.22. The first kappa shape index (κ1) is 19.3. The summed E-state index contributed by atoms with van der Waals surface area (Å²) in [5.41, 5.74) is 1.11. The van der Waals surface area contributed by atoms with Gasteiger partial charge in [-0.2, -0.15) is 0 Å². The second-order valence-corrected chi connectivity index (χ2v) is 9.10. The number of Topliss-reactive ketones (excluding diaryl/α,β-unsaturated/α-hetero) is 1. The molecular weight excluding hydrogens is 406 g/mol. The van der Waals surface area contributed by atoms with E-state index in [1.165, 1.54) is 4.90 Å². The van der Waals surface area contributed by atoms with Gasteiger partial charge in [-0.25, -0.2) is 0 Å². The van der Waals surface area contributed by atoms with Crippen molar-refractivity contribution in [1.29, 1.82) is 0 Å². The maximum absolute atomic E-state index is 13.2. The number of imide groups is 1. The van der Waals surface area contributed by atoms with Crippen molar-refractivity contribution >= 4 is 23.3 Å². The normalized spacial score (nSPS) is 31.3. The number of carbonyl (C=O) groups excluding carboxylic acids is 3. The minimum atomic E-state index is -0.209. The second-order valence-electron chi connectivity index (χ2n) is 9.10. The summed E-state index contributed by atoms with van der Waals surface area (Å²) in [6.07, 6.45) is 5.49. The van der Waals surface area contributed by atoms with Crippen molar-refractivity contribution < 1.29 is 23.9 Å². The second kappa shape index (κ2) is 7.05. The Balaban J connectivity index is 1.14. The van der Waals surface area contributed by atoms with Crippen LogP contribution in [0.25, 0.3) is 0 Å². The van der Waals surface area contributed by atoms with Gasteiger partial charge in [0.15, 0.2) is 12.4 Å². The first-order valence-corrected chi connectivity index (χ1v) is 11.0. The molecule has 2 saturated carbocycles. The minimum absolute atomic E-state index is 0.0759. The Kier molecular flexibility index (Phi) is 4.25. The van der Waals surface area contributed by atoms with Crippen LogP contribution < -0.4 is 14.4 Å². The number of amides is 2. The molecule has 6 nitrogen and oxygen atoms in total. The molecule has 5 aliphatic rings. The molecule has 1 aliphatic heterocycles. The molecular formula is C26H23NO5. The molecule has 1 heterocycles. The lowest BCUT2D eigenvalue weighted by molar-refractivity contribution is -0.124. The van der Waals surface area contributed by atoms with Crippen LogP contribution in [0.15, 0.2) is 60.7 Å². The molecule has 0 unspecified atom stereocenters. The molecule has 3 fully saturated rings. The summed E-state index contributed by atoms with van der Waals surface area (Å²) in [6, 6.07) is 13.7. The van der Waals surface area contributed by atoms with E-state index in [1.54, 1.807) is 55.6 Å². The highest BCUT2D eigenvalue weighted by Crippen LogP contribution is 2.65. The van der Waals surface area contributed by atoms with E-state index in [2.05, 4.69) is 12.2 Å². The van der Waals surface area contributed by atoms with E-state index in [0.29, 0.717) is 34.6 Å². The van der Waals surface area contributed by atoms with Gasteiger partial charge in [0.25, 0.3) is 0 Å². The summed E-state index contributed by atoms with van der Waals surface area (Å²) in [6.45, 7) is -0.102. The number of allylic oxidation sites excluding steroid dienone is 2. The molecule has 0 spiro atoms. The number of methoxy groups -OCH3 is 1. The van der Waals surface area contributed by atoms with Crippen molar-refractivity contribution in [2.75, 3.05) is 18.6 Å². The third-order valence-corrected chi connectivity index (χ3v) is 7.54. The monoisotopic (exact) mass is 429 g/mol. The van der Waals surface area contributed by atoms with Gasteiger partial charge in [-0.1, -0.05) is 12.2 Å². The average Bonchev–Trinajstić information content (AvgIpc) is 3.61. The molecule has 2 amide bonds.